The lowest BCUT2D eigenvalue weighted by atomic mass is 10.3. The molecule has 1 aromatic rings. The third kappa shape index (κ3) is 2.61. The fourth-order valence-corrected chi connectivity index (χ4v) is 1.10. The lowest BCUT2D eigenvalue weighted by Crippen LogP contribution is -2.19. The topological polar surface area (TPSA) is 12.5 Å². The predicted molar refractivity (Wildman–Crippen MR) is 52.2 cm³/mol. The molecule has 0 bridgehead atoms. The third-order valence-electron chi connectivity index (χ3n) is 1.91. The Morgan fingerprint density at radius 2 is 2.23 bits per heavy atom. The average molecular weight is 183 g/mol. The van der Waals surface area contributed by atoms with Crippen LogP contribution in [0.1, 0.15) is 0 Å². The van der Waals surface area contributed by atoms with Crippen molar-refractivity contribution in [1.29, 1.82) is 0 Å². The van der Waals surface area contributed by atoms with Gasteiger partial charge in [-0.2, -0.15) is 0 Å². The molecule has 1 rings (SSSR count). The normalized spacial score (nSPS) is 9.77. The van der Waals surface area contributed by atoms with Gasteiger partial charge in [-0.3, -0.25) is 0 Å². The molecule has 1 aromatic carbocycles. The molecule has 0 aliphatic carbocycles. The van der Waals surface area contributed by atoms with E-state index in [1.807, 2.05) is 36.2 Å². The Kier molecular flexibility index (Phi) is 3.55. The van der Waals surface area contributed by atoms with Crippen molar-refractivity contribution < 1.29 is 9.13 Å². The highest BCUT2D eigenvalue weighted by atomic mass is 19.1. The number of methoxy groups -OCH3 is 1. The molecule has 0 radical (unpaired) electrons. The number of benzene rings is 1. The highest BCUT2D eigenvalue weighted by Gasteiger charge is 2.00. The smallest absolute Gasteiger partial charge is 0.120 e. The van der Waals surface area contributed by atoms with E-state index in [-0.39, 0.29) is 6.67 Å². The van der Waals surface area contributed by atoms with Crippen LogP contribution in [0.2, 0.25) is 0 Å². The molecule has 0 heterocycles. The molecule has 0 atom stereocenters. The Morgan fingerprint density at radius 1 is 1.46 bits per heavy atom. The van der Waals surface area contributed by atoms with E-state index in [4.69, 9.17) is 4.74 Å². The highest BCUT2D eigenvalue weighted by Crippen LogP contribution is 2.19. The van der Waals surface area contributed by atoms with Crippen molar-refractivity contribution in [3.05, 3.63) is 24.3 Å². The van der Waals surface area contributed by atoms with Gasteiger partial charge in [0, 0.05) is 25.3 Å². The van der Waals surface area contributed by atoms with Crippen molar-refractivity contribution in [3.8, 4) is 5.75 Å². The van der Waals surface area contributed by atoms with Gasteiger partial charge in [-0.15, -0.1) is 0 Å². The van der Waals surface area contributed by atoms with Gasteiger partial charge in [0.25, 0.3) is 0 Å². The first-order chi connectivity index (χ1) is 6.27. The zero-order chi connectivity index (χ0) is 9.68. The van der Waals surface area contributed by atoms with Crippen LogP contribution in [-0.4, -0.2) is 27.4 Å². The molecule has 0 amide bonds. The molecule has 0 aliphatic heterocycles. The van der Waals surface area contributed by atoms with E-state index in [0.29, 0.717) is 6.54 Å². The van der Waals surface area contributed by atoms with Crippen molar-refractivity contribution in [2.24, 2.45) is 0 Å². The Balaban J connectivity index is 2.75. The lowest BCUT2D eigenvalue weighted by Gasteiger charge is -2.17. The summed E-state index contributed by atoms with van der Waals surface area (Å²) in [7, 11) is 3.47. The largest absolute Gasteiger partial charge is 0.497 e. The van der Waals surface area contributed by atoms with Crippen molar-refractivity contribution in [3.63, 3.8) is 0 Å². The maximum atomic E-state index is 12.0. The van der Waals surface area contributed by atoms with Crippen molar-refractivity contribution in [2.45, 2.75) is 0 Å². The quantitative estimate of drug-likeness (QED) is 0.708. The molecule has 0 saturated heterocycles. The standard InChI is InChI=1S/C10H14FNO/c1-12(7-6-11)9-4-3-5-10(8-9)13-2/h3-5,8H,6-7H2,1-2H3. The number of halogens is 1. The Hall–Kier alpha value is -1.25. The summed E-state index contributed by atoms with van der Waals surface area (Å²) in [5.41, 5.74) is 0.969. The van der Waals surface area contributed by atoms with Crippen molar-refractivity contribution >= 4 is 5.69 Å². The second kappa shape index (κ2) is 4.70. The van der Waals surface area contributed by atoms with Crippen LogP contribution in [0, 0.1) is 0 Å². The molecule has 13 heavy (non-hydrogen) atoms. The van der Waals surface area contributed by atoms with Gasteiger partial charge in [0.05, 0.1) is 7.11 Å². The molecule has 3 heteroatoms. The predicted octanol–water partition coefficient (Wildman–Crippen LogP) is 2.10. The fourth-order valence-electron chi connectivity index (χ4n) is 1.10. The number of nitrogens with zero attached hydrogens (tertiary/aromatic N) is 1. The van der Waals surface area contributed by atoms with E-state index in [9.17, 15) is 4.39 Å². The summed E-state index contributed by atoms with van der Waals surface area (Å²) in [6.45, 7) is 0.0703. The van der Waals surface area contributed by atoms with E-state index >= 15 is 0 Å². The molecule has 0 unspecified atom stereocenters. The van der Waals surface area contributed by atoms with Gasteiger partial charge < -0.3 is 9.64 Å². The second-order valence-electron chi connectivity index (χ2n) is 2.81. The molecule has 0 N–H and O–H groups in total. The number of ether oxygens (including phenoxy) is 1. The number of hydrogen-bond donors (Lipinski definition) is 0. The first-order valence-electron chi connectivity index (χ1n) is 4.19. The summed E-state index contributed by atoms with van der Waals surface area (Å²) in [5, 5.41) is 0. The molecule has 0 fully saturated rings. The molecule has 2 nitrogen and oxygen atoms in total. The van der Waals surface area contributed by atoms with E-state index in [1.54, 1.807) is 7.11 Å². The number of rotatable bonds is 4. The molecular formula is C10H14FNO. The highest BCUT2D eigenvalue weighted by molar-refractivity contribution is 5.49. The minimum absolute atomic E-state index is 0.340. The van der Waals surface area contributed by atoms with Gasteiger partial charge in [-0.05, 0) is 12.1 Å². The summed E-state index contributed by atoms with van der Waals surface area (Å²) < 4.78 is 17.1. The molecular weight excluding hydrogens is 169 g/mol. The summed E-state index contributed by atoms with van der Waals surface area (Å²) in [5.74, 6) is 0.795. The molecule has 0 spiro atoms. The summed E-state index contributed by atoms with van der Waals surface area (Å²) in [6, 6.07) is 7.57. The Bertz CT molecular complexity index is 265. The van der Waals surface area contributed by atoms with Crippen LogP contribution in [0.3, 0.4) is 0 Å². The SMILES string of the molecule is COc1cccc(N(C)CCF)c1. The van der Waals surface area contributed by atoms with Crippen molar-refractivity contribution in [1.82, 2.24) is 0 Å². The van der Waals surface area contributed by atoms with Crippen molar-refractivity contribution in [2.75, 3.05) is 32.3 Å². The van der Waals surface area contributed by atoms with Gasteiger partial charge >= 0.3 is 0 Å². The van der Waals surface area contributed by atoms with Gasteiger partial charge in [0.1, 0.15) is 12.4 Å². The van der Waals surface area contributed by atoms with Crippen LogP contribution >= 0.6 is 0 Å². The Morgan fingerprint density at radius 3 is 2.85 bits per heavy atom. The molecule has 0 aromatic heterocycles. The van der Waals surface area contributed by atoms with Crippen LogP contribution in [0.4, 0.5) is 10.1 Å². The number of hydrogen-bond acceptors (Lipinski definition) is 2. The van der Waals surface area contributed by atoms with E-state index in [1.165, 1.54) is 0 Å². The fraction of sp³-hybridized carbons (Fsp3) is 0.400. The van der Waals surface area contributed by atoms with Crippen LogP contribution in [0.5, 0.6) is 5.75 Å². The van der Waals surface area contributed by atoms with Crippen LogP contribution in [-0.2, 0) is 0 Å². The first kappa shape index (κ1) is 9.84. The van der Waals surface area contributed by atoms with Gasteiger partial charge in [-0.1, -0.05) is 6.07 Å². The zero-order valence-corrected chi connectivity index (χ0v) is 7.96. The zero-order valence-electron chi connectivity index (χ0n) is 7.96. The average Bonchev–Trinajstić information content (AvgIpc) is 2.18. The summed E-state index contributed by atoms with van der Waals surface area (Å²) in [4.78, 5) is 1.85. The van der Waals surface area contributed by atoms with E-state index in [0.717, 1.165) is 11.4 Å². The van der Waals surface area contributed by atoms with Gasteiger partial charge in [0.2, 0.25) is 0 Å². The summed E-state index contributed by atoms with van der Waals surface area (Å²) >= 11 is 0. The number of alkyl halides is 1. The van der Waals surface area contributed by atoms with E-state index in [2.05, 4.69) is 0 Å². The second-order valence-corrected chi connectivity index (χ2v) is 2.81. The van der Waals surface area contributed by atoms with Gasteiger partial charge in [0.15, 0.2) is 0 Å². The molecule has 0 aliphatic rings. The van der Waals surface area contributed by atoms with E-state index < -0.39 is 0 Å². The lowest BCUT2D eigenvalue weighted by molar-refractivity contribution is 0.414. The maximum Gasteiger partial charge on any atom is 0.120 e. The van der Waals surface area contributed by atoms with Crippen LogP contribution in [0.15, 0.2) is 24.3 Å². The first-order valence-corrected chi connectivity index (χ1v) is 4.19. The maximum absolute atomic E-state index is 12.0. The monoisotopic (exact) mass is 183 g/mol. The number of anilines is 1. The Labute approximate surface area is 77.9 Å². The van der Waals surface area contributed by atoms with Crippen LogP contribution < -0.4 is 9.64 Å². The minimum Gasteiger partial charge on any atom is -0.497 e. The molecule has 0 saturated carbocycles. The van der Waals surface area contributed by atoms with Crippen LogP contribution in [0.25, 0.3) is 0 Å². The summed E-state index contributed by atoms with van der Waals surface area (Å²) in [6.07, 6.45) is 0. The van der Waals surface area contributed by atoms with Gasteiger partial charge in [-0.25, -0.2) is 4.39 Å². The molecule has 72 valence electrons. The minimum atomic E-state index is -0.340. The third-order valence-corrected chi connectivity index (χ3v) is 1.91.